The predicted molar refractivity (Wildman–Crippen MR) is 68.1 cm³/mol. The molecule has 1 aliphatic rings. The van der Waals surface area contributed by atoms with Gasteiger partial charge in [0.1, 0.15) is 0 Å². The Balaban J connectivity index is 1.95. The normalized spacial score (nSPS) is 25.0. The first-order valence-electron chi connectivity index (χ1n) is 5.95. The maximum atomic E-state index is 12.0. The Morgan fingerprint density at radius 2 is 2.00 bits per heavy atom. The second-order valence-corrected chi connectivity index (χ2v) is 6.77. The molecule has 0 aromatic heterocycles. The highest BCUT2D eigenvalue weighted by molar-refractivity contribution is 7.91. The molecule has 4 heteroatoms. The lowest BCUT2D eigenvalue weighted by Gasteiger charge is -2.10. The highest BCUT2D eigenvalue weighted by Gasteiger charge is 2.23. The van der Waals surface area contributed by atoms with Crippen molar-refractivity contribution in [1.29, 1.82) is 0 Å². The van der Waals surface area contributed by atoms with Crippen LogP contribution in [0.3, 0.4) is 0 Å². The minimum absolute atomic E-state index is 0.217. The summed E-state index contributed by atoms with van der Waals surface area (Å²) in [6, 6.07) is 8.98. The van der Waals surface area contributed by atoms with Crippen LogP contribution in [-0.2, 0) is 9.84 Å². The number of sulfone groups is 1. The first-order chi connectivity index (χ1) is 8.08. The van der Waals surface area contributed by atoms with Crippen molar-refractivity contribution in [3.05, 3.63) is 36.9 Å². The Morgan fingerprint density at radius 1 is 1.29 bits per heavy atom. The van der Waals surface area contributed by atoms with Crippen molar-refractivity contribution in [1.82, 2.24) is 5.32 Å². The van der Waals surface area contributed by atoms with E-state index >= 15 is 0 Å². The standard InChI is InChI=1S/C13H18NO2S/c1-11-9-12(14-10-11)7-8-17(15,16)13-5-3-2-4-6-13/h2-6,10-12,14H,7-9H2,1H3. The fraction of sp³-hybridized carbons (Fsp3) is 0.462. The quantitative estimate of drug-likeness (QED) is 0.891. The van der Waals surface area contributed by atoms with Gasteiger partial charge in [-0.1, -0.05) is 25.1 Å². The van der Waals surface area contributed by atoms with E-state index in [-0.39, 0.29) is 5.75 Å². The van der Waals surface area contributed by atoms with Gasteiger partial charge in [-0.2, -0.15) is 0 Å². The van der Waals surface area contributed by atoms with Crippen LogP contribution in [-0.4, -0.2) is 20.2 Å². The van der Waals surface area contributed by atoms with Crippen LogP contribution in [0.5, 0.6) is 0 Å². The molecule has 1 heterocycles. The molecule has 1 aromatic carbocycles. The average Bonchev–Trinajstić information content (AvgIpc) is 2.74. The fourth-order valence-electron chi connectivity index (χ4n) is 2.13. The van der Waals surface area contributed by atoms with Crippen LogP contribution in [0, 0.1) is 12.5 Å². The van der Waals surface area contributed by atoms with E-state index in [2.05, 4.69) is 18.8 Å². The van der Waals surface area contributed by atoms with Crippen LogP contribution in [0.2, 0.25) is 0 Å². The van der Waals surface area contributed by atoms with Crippen LogP contribution in [0.4, 0.5) is 0 Å². The molecular formula is C13H18NO2S. The lowest BCUT2D eigenvalue weighted by molar-refractivity contribution is 0.552. The second-order valence-electron chi connectivity index (χ2n) is 4.66. The molecule has 1 N–H and O–H groups in total. The molecule has 2 atom stereocenters. The van der Waals surface area contributed by atoms with Crippen molar-refractivity contribution in [2.24, 2.45) is 5.92 Å². The molecule has 2 rings (SSSR count). The van der Waals surface area contributed by atoms with Gasteiger partial charge in [0.05, 0.1) is 10.6 Å². The number of nitrogens with one attached hydrogen (secondary N) is 1. The lowest BCUT2D eigenvalue weighted by atomic mass is 10.1. The zero-order valence-corrected chi connectivity index (χ0v) is 10.8. The summed E-state index contributed by atoms with van der Waals surface area (Å²) in [5.41, 5.74) is 0. The van der Waals surface area contributed by atoms with E-state index in [4.69, 9.17) is 0 Å². The summed E-state index contributed by atoms with van der Waals surface area (Å²) in [5.74, 6) is 0.759. The lowest BCUT2D eigenvalue weighted by Crippen LogP contribution is -2.22. The summed E-state index contributed by atoms with van der Waals surface area (Å²) in [5, 5.41) is 3.24. The smallest absolute Gasteiger partial charge is 0.178 e. The van der Waals surface area contributed by atoms with Gasteiger partial charge in [-0.25, -0.2) is 8.42 Å². The minimum atomic E-state index is -3.12. The van der Waals surface area contributed by atoms with Gasteiger partial charge in [0, 0.05) is 12.6 Å². The van der Waals surface area contributed by atoms with Crippen LogP contribution >= 0.6 is 0 Å². The third-order valence-electron chi connectivity index (χ3n) is 3.11. The first-order valence-corrected chi connectivity index (χ1v) is 7.60. The Morgan fingerprint density at radius 3 is 2.59 bits per heavy atom. The number of hydrogen-bond acceptors (Lipinski definition) is 3. The molecule has 1 saturated heterocycles. The maximum Gasteiger partial charge on any atom is 0.178 e. The molecule has 0 spiro atoms. The Hall–Kier alpha value is -0.870. The summed E-state index contributed by atoms with van der Waals surface area (Å²) < 4.78 is 24.1. The van der Waals surface area contributed by atoms with Gasteiger partial charge >= 0.3 is 0 Å². The molecule has 1 radical (unpaired) electrons. The molecule has 93 valence electrons. The van der Waals surface area contributed by atoms with E-state index in [0.717, 1.165) is 6.42 Å². The molecule has 0 saturated carbocycles. The Labute approximate surface area is 103 Å². The molecule has 3 nitrogen and oxygen atoms in total. The third kappa shape index (κ3) is 3.30. The van der Waals surface area contributed by atoms with Gasteiger partial charge < -0.3 is 5.32 Å². The summed E-state index contributed by atoms with van der Waals surface area (Å²) in [6.07, 6.45) is 1.71. The Kier molecular flexibility index (Phi) is 3.84. The first kappa shape index (κ1) is 12.6. The van der Waals surface area contributed by atoms with Crippen LogP contribution in [0.15, 0.2) is 35.2 Å². The van der Waals surface area contributed by atoms with Crippen LogP contribution in [0.25, 0.3) is 0 Å². The van der Waals surface area contributed by atoms with E-state index in [1.807, 2.05) is 6.07 Å². The van der Waals surface area contributed by atoms with Gasteiger partial charge in [0.25, 0.3) is 0 Å². The van der Waals surface area contributed by atoms with Gasteiger partial charge in [-0.15, -0.1) is 0 Å². The average molecular weight is 252 g/mol. The zero-order valence-electron chi connectivity index (χ0n) is 9.96. The van der Waals surface area contributed by atoms with Gasteiger partial charge in [-0.05, 0) is 30.9 Å². The van der Waals surface area contributed by atoms with Crippen molar-refractivity contribution in [3.8, 4) is 0 Å². The molecule has 1 aliphatic heterocycles. The van der Waals surface area contributed by atoms with Crippen molar-refractivity contribution in [2.45, 2.75) is 30.7 Å². The van der Waals surface area contributed by atoms with E-state index in [1.54, 1.807) is 24.3 Å². The highest BCUT2D eigenvalue weighted by Crippen LogP contribution is 2.20. The second kappa shape index (κ2) is 5.19. The molecular weight excluding hydrogens is 234 g/mol. The van der Waals surface area contributed by atoms with E-state index in [0.29, 0.717) is 23.3 Å². The van der Waals surface area contributed by atoms with Gasteiger partial charge in [0.2, 0.25) is 0 Å². The summed E-state index contributed by atoms with van der Waals surface area (Å²) >= 11 is 0. The van der Waals surface area contributed by atoms with Crippen molar-refractivity contribution in [3.63, 3.8) is 0 Å². The molecule has 17 heavy (non-hydrogen) atoms. The van der Waals surface area contributed by atoms with E-state index in [9.17, 15) is 8.42 Å². The molecule has 0 amide bonds. The van der Waals surface area contributed by atoms with E-state index in [1.165, 1.54) is 0 Å². The maximum absolute atomic E-state index is 12.0. The van der Waals surface area contributed by atoms with Crippen LogP contribution in [0.1, 0.15) is 19.8 Å². The number of rotatable bonds is 4. The molecule has 0 bridgehead atoms. The summed E-state index contributed by atoms with van der Waals surface area (Å²) in [4.78, 5) is 0.426. The van der Waals surface area contributed by atoms with Crippen molar-refractivity contribution < 1.29 is 8.42 Å². The molecule has 1 aromatic rings. The number of hydrogen-bond donors (Lipinski definition) is 1. The molecule has 2 unspecified atom stereocenters. The minimum Gasteiger partial charge on any atom is -0.309 e. The third-order valence-corrected chi connectivity index (χ3v) is 4.87. The van der Waals surface area contributed by atoms with Crippen molar-refractivity contribution >= 4 is 9.84 Å². The molecule has 1 fully saturated rings. The predicted octanol–water partition coefficient (Wildman–Crippen LogP) is 2.01. The monoisotopic (exact) mass is 252 g/mol. The highest BCUT2D eigenvalue weighted by atomic mass is 32.2. The summed E-state index contributed by atoms with van der Waals surface area (Å²) in [7, 11) is -3.12. The Bertz CT molecular complexity index is 456. The van der Waals surface area contributed by atoms with E-state index < -0.39 is 9.84 Å². The summed E-state index contributed by atoms with van der Waals surface area (Å²) in [6.45, 7) is 4.19. The van der Waals surface area contributed by atoms with Crippen LogP contribution < -0.4 is 5.32 Å². The van der Waals surface area contributed by atoms with Gasteiger partial charge in [0.15, 0.2) is 9.84 Å². The van der Waals surface area contributed by atoms with Gasteiger partial charge in [-0.3, -0.25) is 0 Å². The topological polar surface area (TPSA) is 46.2 Å². The fourth-order valence-corrected chi connectivity index (χ4v) is 3.53. The zero-order chi connectivity index (χ0) is 12.3. The number of benzene rings is 1. The largest absolute Gasteiger partial charge is 0.309 e. The molecule has 0 aliphatic carbocycles. The van der Waals surface area contributed by atoms with Crippen molar-refractivity contribution in [2.75, 3.05) is 5.75 Å². The SMILES string of the molecule is CC1[CH]NC(CCS(=O)(=O)c2ccccc2)C1.